The van der Waals surface area contributed by atoms with Gasteiger partial charge in [0.15, 0.2) is 11.5 Å². The normalized spacial score (nSPS) is 10.4. The zero-order chi connectivity index (χ0) is 15.2. The molecule has 0 fully saturated rings. The second-order valence-corrected chi connectivity index (χ2v) is 5.51. The van der Waals surface area contributed by atoms with Gasteiger partial charge in [0.1, 0.15) is 9.45 Å². The highest BCUT2D eigenvalue weighted by atomic mass is 127. The molecule has 2 aromatic rings. The molecule has 0 aliphatic rings. The Morgan fingerprint density at radius 3 is 2.76 bits per heavy atom. The lowest BCUT2D eigenvalue weighted by molar-refractivity contribution is 0.0978. The minimum Gasteiger partial charge on any atom is -0.497 e. The number of methoxy groups -OCH3 is 1. The second kappa shape index (κ2) is 7.35. The van der Waals surface area contributed by atoms with Gasteiger partial charge in [-0.2, -0.15) is 0 Å². The van der Waals surface area contributed by atoms with E-state index in [1.807, 2.05) is 24.3 Å². The number of Topliss-reactive ketones (excluding diaryl/α,β-unsaturated/α-hetero) is 1. The van der Waals surface area contributed by atoms with Crippen LogP contribution in [0.3, 0.4) is 0 Å². The summed E-state index contributed by atoms with van der Waals surface area (Å²) in [5, 5.41) is 8.06. The number of rotatable bonds is 7. The van der Waals surface area contributed by atoms with Gasteiger partial charge in [-0.15, -0.1) is 11.7 Å². The summed E-state index contributed by atoms with van der Waals surface area (Å²) in [5.41, 5.74) is 1.51. The van der Waals surface area contributed by atoms with E-state index in [1.165, 1.54) is 0 Å². The number of carbonyl (C=O) groups is 1. The highest BCUT2D eigenvalue weighted by Crippen LogP contribution is 2.16. The molecule has 5 nitrogen and oxygen atoms in total. The molecule has 1 aromatic carbocycles. The molecule has 0 aliphatic carbocycles. The van der Waals surface area contributed by atoms with Gasteiger partial charge in [-0.25, -0.2) is 4.68 Å². The summed E-state index contributed by atoms with van der Waals surface area (Å²) < 4.78 is 7.61. The van der Waals surface area contributed by atoms with E-state index in [4.69, 9.17) is 4.74 Å². The van der Waals surface area contributed by atoms with Crippen LogP contribution in [0.1, 0.15) is 28.9 Å². The van der Waals surface area contributed by atoms with Crippen molar-refractivity contribution in [1.82, 2.24) is 15.0 Å². The Morgan fingerprint density at radius 2 is 2.14 bits per heavy atom. The molecule has 0 saturated heterocycles. The molecule has 0 unspecified atom stereocenters. The van der Waals surface area contributed by atoms with Crippen LogP contribution in [0.15, 0.2) is 36.9 Å². The number of halogens is 1. The second-order valence-electron chi connectivity index (χ2n) is 4.49. The molecule has 0 saturated carbocycles. The van der Waals surface area contributed by atoms with Crippen molar-refractivity contribution in [3.63, 3.8) is 0 Å². The molecule has 0 aliphatic heterocycles. The van der Waals surface area contributed by atoms with E-state index in [1.54, 1.807) is 17.9 Å². The lowest BCUT2D eigenvalue weighted by atomic mass is 10.2. The van der Waals surface area contributed by atoms with E-state index in [-0.39, 0.29) is 5.78 Å². The maximum absolute atomic E-state index is 12.0. The minimum absolute atomic E-state index is 0.000260. The summed E-state index contributed by atoms with van der Waals surface area (Å²) in [4.78, 5) is 12.0. The first-order valence-corrected chi connectivity index (χ1v) is 7.59. The highest BCUT2D eigenvalue weighted by molar-refractivity contribution is 14.1. The van der Waals surface area contributed by atoms with Crippen molar-refractivity contribution in [2.24, 2.45) is 0 Å². The molecule has 110 valence electrons. The minimum atomic E-state index is 0.000260. The van der Waals surface area contributed by atoms with Crippen LogP contribution in [-0.2, 0) is 6.54 Å². The third kappa shape index (κ3) is 3.90. The van der Waals surface area contributed by atoms with Gasteiger partial charge in [0.2, 0.25) is 0 Å². The van der Waals surface area contributed by atoms with Crippen LogP contribution in [-0.4, -0.2) is 27.9 Å². The first-order chi connectivity index (χ1) is 10.2. The molecule has 1 aromatic heterocycles. The number of carbonyl (C=O) groups excluding carboxylic acids is 1. The number of hydrogen-bond donors (Lipinski definition) is 0. The third-order valence-electron chi connectivity index (χ3n) is 3.01. The number of ketones is 1. The molecule has 6 heteroatoms. The number of benzene rings is 1. The summed E-state index contributed by atoms with van der Waals surface area (Å²) in [5.74, 6) is 0.813. The van der Waals surface area contributed by atoms with Crippen LogP contribution in [0, 0.1) is 3.70 Å². The first-order valence-electron chi connectivity index (χ1n) is 6.51. The number of aromatic nitrogens is 3. The monoisotopic (exact) mass is 397 g/mol. The fourth-order valence-electron chi connectivity index (χ4n) is 1.83. The van der Waals surface area contributed by atoms with Crippen LogP contribution in [0.25, 0.3) is 0 Å². The standard InChI is InChI=1S/C15H16IN3O2/c1-3-4-5-13(20)14-15(16)19(18-17-14)10-11-6-8-12(21-2)9-7-11/h3,6-9H,1,4-5,10H2,2H3. The van der Waals surface area contributed by atoms with Gasteiger partial charge in [0.05, 0.1) is 13.7 Å². The van der Waals surface area contributed by atoms with Crippen LogP contribution < -0.4 is 4.74 Å². The Bertz CT molecular complexity index is 635. The zero-order valence-electron chi connectivity index (χ0n) is 11.8. The smallest absolute Gasteiger partial charge is 0.186 e. The molecule has 21 heavy (non-hydrogen) atoms. The van der Waals surface area contributed by atoms with E-state index in [0.717, 1.165) is 15.0 Å². The molecule has 0 spiro atoms. The number of ether oxygens (including phenoxy) is 1. The van der Waals surface area contributed by atoms with Gasteiger partial charge in [-0.3, -0.25) is 4.79 Å². The average Bonchev–Trinajstić information content (AvgIpc) is 2.87. The third-order valence-corrected chi connectivity index (χ3v) is 4.07. The maximum Gasteiger partial charge on any atom is 0.186 e. The lowest BCUT2D eigenvalue weighted by Crippen LogP contribution is -2.06. The van der Waals surface area contributed by atoms with Crippen molar-refractivity contribution in [3.8, 4) is 5.75 Å². The van der Waals surface area contributed by atoms with Gasteiger partial charge in [-0.1, -0.05) is 23.4 Å². The molecule has 2 rings (SSSR count). The van der Waals surface area contributed by atoms with E-state index >= 15 is 0 Å². The predicted octanol–water partition coefficient (Wildman–Crippen LogP) is 3.09. The van der Waals surface area contributed by atoms with Gasteiger partial charge >= 0.3 is 0 Å². The molecule has 0 atom stereocenters. The lowest BCUT2D eigenvalue weighted by Gasteiger charge is -2.04. The van der Waals surface area contributed by atoms with Crippen molar-refractivity contribution in [2.45, 2.75) is 19.4 Å². The maximum atomic E-state index is 12.0. The summed E-state index contributed by atoms with van der Waals surface area (Å²) in [6.07, 6.45) is 2.80. The number of allylic oxidation sites excluding steroid dienone is 1. The number of hydrogen-bond acceptors (Lipinski definition) is 4. The van der Waals surface area contributed by atoms with Gasteiger partial charge in [0, 0.05) is 6.42 Å². The Labute approximate surface area is 137 Å². The largest absolute Gasteiger partial charge is 0.497 e. The molecular formula is C15H16IN3O2. The fraction of sp³-hybridized carbons (Fsp3) is 0.267. The van der Waals surface area contributed by atoms with Crippen LogP contribution in [0.4, 0.5) is 0 Å². The van der Waals surface area contributed by atoms with Crippen molar-refractivity contribution in [2.75, 3.05) is 7.11 Å². The summed E-state index contributed by atoms with van der Waals surface area (Å²) in [6, 6.07) is 7.73. The zero-order valence-corrected chi connectivity index (χ0v) is 13.9. The number of nitrogens with zero attached hydrogens (tertiary/aromatic N) is 3. The Kier molecular flexibility index (Phi) is 5.49. The topological polar surface area (TPSA) is 57.0 Å². The quantitative estimate of drug-likeness (QED) is 0.410. The van der Waals surface area contributed by atoms with Crippen molar-refractivity contribution < 1.29 is 9.53 Å². The highest BCUT2D eigenvalue weighted by Gasteiger charge is 2.17. The molecule has 0 bridgehead atoms. The summed E-state index contributed by atoms with van der Waals surface area (Å²) in [7, 11) is 1.64. The van der Waals surface area contributed by atoms with Crippen molar-refractivity contribution in [3.05, 3.63) is 51.9 Å². The molecule has 0 N–H and O–H groups in total. The van der Waals surface area contributed by atoms with Crippen molar-refractivity contribution >= 4 is 28.4 Å². The molecule has 0 radical (unpaired) electrons. The van der Waals surface area contributed by atoms with E-state index in [2.05, 4.69) is 39.5 Å². The van der Waals surface area contributed by atoms with Gasteiger partial charge in [0.25, 0.3) is 0 Å². The van der Waals surface area contributed by atoms with Crippen LogP contribution >= 0.6 is 22.6 Å². The van der Waals surface area contributed by atoms with E-state index in [9.17, 15) is 4.79 Å². The molecular weight excluding hydrogens is 381 g/mol. The van der Waals surface area contributed by atoms with Crippen LogP contribution in [0.5, 0.6) is 5.75 Å². The SMILES string of the molecule is C=CCCC(=O)c1nnn(Cc2ccc(OC)cc2)c1I. The van der Waals surface area contributed by atoms with Gasteiger partial charge in [-0.05, 0) is 46.7 Å². The molecule has 0 amide bonds. The fourth-order valence-corrected chi connectivity index (χ4v) is 2.50. The predicted molar refractivity (Wildman–Crippen MR) is 88.6 cm³/mol. The average molecular weight is 397 g/mol. The van der Waals surface area contributed by atoms with E-state index < -0.39 is 0 Å². The Hall–Kier alpha value is -1.70. The van der Waals surface area contributed by atoms with Crippen LogP contribution in [0.2, 0.25) is 0 Å². The Morgan fingerprint density at radius 1 is 1.43 bits per heavy atom. The molecule has 1 heterocycles. The first kappa shape index (κ1) is 15.7. The van der Waals surface area contributed by atoms with Crippen molar-refractivity contribution in [1.29, 1.82) is 0 Å². The Balaban J connectivity index is 2.12. The summed E-state index contributed by atoms with van der Waals surface area (Å²) >= 11 is 2.11. The van der Waals surface area contributed by atoms with Gasteiger partial charge < -0.3 is 4.74 Å². The van der Waals surface area contributed by atoms with E-state index in [0.29, 0.717) is 25.1 Å². The summed E-state index contributed by atoms with van der Waals surface area (Å²) in [6.45, 7) is 4.19.